The van der Waals surface area contributed by atoms with Crippen molar-refractivity contribution in [1.29, 1.82) is 0 Å². The molecule has 0 radical (unpaired) electrons. The van der Waals surface area contributed by atoms with Crippen molar-refractivity contribution in [3.8, 4) is 0 Å². The smallest absolute Gasteiger partial charge is 0.246 e. The molecule has 0 aliphatic carbocycles. The molecule has 2 heteroatoms. The highest BCUT2D eigenvalue weighted by Gasteiger charge is 2.22. The minimum atomic E-state index is 0.0363. The molecule has 1 aliphatic heterocycles. The first-order valence-corrected chi connectivity index (χ1v) is 5.06. The first-order valence-electron chi connectivity index (χ1n) is 5.06. The Hall–Kier alpha value is -1.05. The third-order valence-corrected chi connectivity index (χ3v) is 2.66. The van der Waals surface area contributed by atoms with Crippen LogP contribution in [0.3, 0.4) is 0 Å². The van der Waals surface area contributed by atoms with Crippen LogP contribution in [0, 0.1) is 5.41 Å². The Balaban J connectivity index is 2.64. The molecule has 0 unspecified atom stereocenters. The van der Waals surface area contributed by atoms with Gasteiger partial charge in [0.1, 0.15) is 0 Å². The van der Waals surface area contributed by atoms with Gasteiger partial charge in [-0.25, -0.2) is 0 Å². The molecule has 2 nitrogen and oxygen atoms in total. The molecular formula is C12H19NO. The van der Waals surface area contributed by atoms with E-state index >= 15 is 0 Å². The molecular weight excluding hydrogens is 174 g/mol. The number of carbonyl (C=O) groups is 1. The first kappa shape index (κ1) is 11.0. The quantitative estimate of drug-likeness (QED) is 0.462. The standard InChI is InChI=1S/C12H19NO/c1-5-11(14)13-8-6-10(7-9-13)12(2,3)4/h5-6H,1,7-9H2,2-4H3. The summed E-state index contributed by atoms with van der Waals surface area (Å²) in [6.07, 6.45) is 4.55. The second-order valence-electron chi connectivity index (χ2n) is 4.72. The maximum Gasteiger partial charge on any atom is 0.246 e. The summed E-state index contributed by atoms with van der Waals surface area (Å²) in [7, 11) is 0. The van der Waals surface area contributed by atoms with Gasteiger partial charge in [0.15, 0.2) is 0 Å². The molecule has 0 N–H and O–H groups in total. The van der Waals surface area contributed by atoms with Gasteiger partial charge in [-0.3, -0.25) is 4.79 Å². The highest BCUT2D eigenvalue weighted by Crippen LogP contribution is 2.29. The van der Waals surface area contributed by atoms with Gasteiger partial charge in [-0.15, -0.1) is 0 Å². The fourth-order valence-electron chi connectivity index (χ4n) is 1.68. The molecule has 0 saturated heterocycles. The van der Waals surface area contributed by atoms with Gasteiger partial charge in [0.05, 0.1) is 0 Å². The summed E-state index contributed by atoms with van der Waals surface area (Å²) in [4.78, 5) is 13.1. The summed E-state index contributed by atoms with van der Waals surface area (Å²) >= 11 is 0. The summed E-state index contributed by atoms with van der Waals surface area (Å²) in [5.41, 5.74) is 1.69. The normalized spacial score (nSPS) is 17.6. The molecule has 0 aromatic carbocycles. The van der Waals surface area contributed by atoms with Crippen LogP contribution < -0.4 is 0 Å². The third-order valence-electron chi connectivity index (χ3n) is 2.66. The van der Waals surface area contributed by atoms with Crippen molar-refractivity contribution < 1.29 is 4.79 Å². The Morgan fingerprint density at radius 2 is 2.21 bits per heavy atom. The van der Waals surface area contributed by atoms with Crippen molar-refractivity contribution >= 4 is 5.91 Å². The predicted octanol–water partition coefficient (Wildman–Crippen LogP) is 2.38. The largest absolute Gasteiger partial charge is 0.335 e. The van der Waals surface area contributed by atoms with Crippen LogP contribution in [0.15, 0.2) is 24.3 Å². The zero-order chi connectivity index (χ0) is 10.8. The van der Waals surface area contributed by atoms with E-state index in [-0.39, 0.29) is 11.3 Å². The Morgan fingerprint density at radius 3 is 2.57 bits per heavy atom. The van der Waals surface area contributed by atoms with Crippen molar-refractivity contribution in [2.45, 2.75) is 27.2 Å². The average Bonchev–Trinajstić information content (AvgIpc) is 2.15. The molecule has 0 fully saturated rings. The van der Waals surface area contributed by atoms with E-state index in [1.165, 1.54) is 11.6 Å². The maximum absolute atomic E-state index is 11.3. The Bertz CT molecular complexity index is 271. The minimum Gasteiger partial charge on any atom is -0.335 e. The van der Waals surface area contributed by atoms with E-state index in [1.54, 1.807) is 0 Å². The first-order chi connectivity index (χ1) is 6.45. The highest BCUT2D eigenvalue weighted by molar-refractivity contribution is 5.87. The number of amides is 1. The van der Waals surface area contributed by atoms with Gasteiger partial charge in [0, 0.05) is 13.1 Å². The lowest BCUT2D eigenvalue weighted by Gasteiger charge is -2.31. The third kappa shape index (κ3) is 2.47. The summed E-state index contributed by atoms with van der Waals surface area (Å²) in [5, 5.41) is 0. The molecule has 0 aromatic heterocycles. The molecule has 1 amide bonds. The van der Waals surface area contributed by atoms with Gasteiger partial charge < -0.3 is 4.90 Å². The zero-order valence-electron chi connectivity index (χ0n) is 9.34. The van der Waals surface area contributed by atoms with E-state index in [9.17, 15) is 4.79 Å². The van der Waals surface area contributed by atoms with Gasteiger partial charge in [-0.05, 0) is 17.9 Å². The van der Waals surface area contributed by atoms with Crippen molar-refractivity contribution in [2.75, 3.05) is 13.1 Å². The molecule has 1 heterocycles. The summed E-state index contributed by atoms with van der Waals surface area (Å²) in [6.45, 7) is 11.7. The fraction of sp³-hybridized carbons (Fsp3) is 0.583. The fourth-order valence-corrected chi connectivity index (χ4v) is 1.68. The van der Waals surface area contributed by atoms with Crippen molar-refractivity contribution in [1.82, 2.24) is 4.90 Å². The second kappa shape index (κ2) is 3.99. The lowest BCUT2D eigenvalue weighted by molar-refractivity contribution is -0.125. The van der Waals surface area contributed by atoms with Crippen LogP contribution in [0.5, 0.6) is 0 Å². The van der Waals surface area contributed by atoms with Gasteiger partial charge in [-0.2, -0.15) is 0 Å². The highest BCUT2D eigenvalue weighted by atomic mass is 16.2. The Morgan fingerprint density at radius 1 is 1.57 bits per heavy atom. The molecule has 0 atom stereocenters. The average molecular weight is 193 g/mol. The lowest BCUT2D eigenvalue weighted by Crippen LogP contribution is -2.35. The minimum absolute atomic E-state index is 0.0363. The van der Waals surface area contributed by atoms with Crippen LogP contribution in [0.25, 0.3) is 0 Å². The molecule has 0 spiro atoms. The number of nitrogens with zero attached hydrogens (tertiary/aromatic N) is 1. The van der Waals surface area contributed by atoms with Crippen molar-refractivity contribution in [3.05, 3.63) is 24.3 Å². The van der Waals surface area contributed by atoms with E-state index in [2.05, 4.69) is 33.4 Å². The molecule has 14 heavy (non-hydrogen) atoms. The Labute approximate surface area is 86.3 Å². The van der Waals surface area contributed by atoms with E-state index in [0.717, 1.165) is 19.5 Å². The van der Waals surface area contributed by atoms with Crippen LogP contribution >= 0.6 is 0 Å². The monoisotopic (exact) mass is 193 g/mol. The molecule has 0 saturated carbocycles. The van der Waals surface area contributed by atoms with Crippen LogP contribution in [0.4, 0.5) is 0 Å². The number of hydrogen-bond acceptors (Lipinski definition) is 1. The molecule has 78 valence electrons. The van der Waals surface area contributed by atoms with Crippen LogP contribution in [-0.2, 0) is 4.79 Å². The van der Waals surface area contributed by atoms with E-state index in [0.29, 0.717) is 0 Å². The summed E-state index contributed by atoms with van der Waals surface area (Å²) in [5.74, 6) is 0.0363. The van der Waals surface area contributed by atoms with Crippen LogP contribution in [0.2, 0.25) is 0 Å². The van der Waals surface area contributed by atoms with Gasteiger partial charge >= 0.3 is 0 Å². The topological polar surface area (TPSA) is 20.3 Å². The van der Waals surface area contributed by atoms with E-state index in [1.807, 2.05) is 4.90 Å². The van der Waals surface area contributed by atoms with Crippen LogP contribution in [0.1, 0.15) is 27.2 Å². The molecule has 0 bridgehead atoms. The SMILES string of the molecule is C=CC(=O)N1CC=C(C(C)(C)C)CC1. The van der Waals surface area contributed by atoms with Crippen molar-refractivity contribution in [2.24, 2.45) is 5.41 Å². The number of rotatable bonds is 1. The van der Waals surface area contributed by atoms with Gasteiger partial charge in [0.2, 0.25) is 5.91 Å². The lowest BCUT2D eigenvalue weighted by atomic mass is 9.83. The molecule has 1 aliphatic rings. The zero-order valence-corrected chi connectivity index (χ0v) is 9.34. The van der Waals surface area contributed by atoms with Gasteiger partial charge in [0.25, 0.3) is 0 Å². The number of hydrogen-bond donors (Lipinski definition) is 0. The van der Waals surface area contributed by atoms with Crippen LogP contribution in [-0.4, -0.2) is 23.9 Å². The molecule has 1 rings (SSSR count). The molecule has 0 aromatic rings. The Kier molecular flexibility index (Phi) is 3.14. The van der Waals surface area contributed by atoms with Crippen molar-refractivity contribution in [3.63, 3.8) is 0 Å². The summed E-state index contributed by atoms with van der Waals surface area (Å²) in [6, 6.07) is 0. The maximum atomic E-state index is 11.3. The number of carbonyl (C=O) groups excluding carboxylic acids is 1. The van der Waals surface area contributed by atoms with E-state index in [4.69, 9.17) is 0 Å². The van der Waals surface area contributed by atoms with E-state index < -0.39 is 0 Å². The summed E-state index contributed by atoms with van der Waals surface area (Å²) < 4.78 is 0. The van der Waals surface area contributed by atoms with Gasteiger partial charge in [-0.1, -0.05) is 39.0 Å². The second-order valence-corrected chi connectivity index (χ2v) is 4.72. The predicted molar refractivity (Wildman–Crippen MR) is 58.9 cm³/mol.